The van der Waals surface area contributed by atoms with Gasteiger partial charge < -0.3 is 10.2 Å². The van der Waals surface area contributed by atoms with Crippen LogP contribution in [0.15, 0.2) is 24.3 Å². The van der Waals surface area contributed by atoms with Crippen molar-refractivity contribution in [3.05, 3.63) is 35.6 Å². The van der Waals surface area contributed by atoms with Crippen LogP contribution in [0.3, 0.4) is 0 Å². The van der Waals surface area contributed by atoms with Crippen LogP contribution in [0.2, 0.25) is 0 Å². The van der Waals surface area contributed by atoms with Crippen LogP contribution < -0.4 is 5.32 Å². The second-order valence-electron chi connectivity index (χ2n) is 8.76. The van der Waals surface area contributed by atoms with E-state index in [1.54, 1.807) is 11.0 Å². The third-order valence-electron chi connectivity index (χ3n) is 5.91. The van der Waals surface area contributed by atoms with Crippen LogP contribution in [0.1, 0.15) is 58.4 Å². The molecule has 1 saturated carbocycles. The zero-order valence-electron chi connectivity index (χ0n) is 16.0. The van der Waals surface area contributed by atoms with Crippen molar-refractivity contribution in [2.75, 3.05) is 13.1 Å². The minimum atomic E-state index is -0.326. The number of carbonyl (C=O) groups excluding carboxylic acids is 2. The quantitative estimate of drug-likeness (QED) is 0.895. The van der Waals surface area contributed by atoms with Gasteiger partial charge in [0.15, 0.2) is 0 Å². The fraction of sp³-hybridized carbons (Fsp3) is 0.619. The van der Waals surface area contributed by atoms with Crippen molar-refractivity contribution in [1.82, 2.24) is 10.2 Å². The molecule has 0 radical (unpaired) electrons. The van der Waals surface area contributed by atoms with Crippen LogP contribution in [0.25, 0.3) is 0 Å². The molecule has 3 rings (SSSR count). The molecule has 0 spiro atoms. The van der Waals surface area contributed by atoms with Gasteiger partial charge in [0.05, 0.1) is 5.92 Å². The van der Waals surface area contributed by atoms with E-state index >= 15 is 0 Å². The van der Waals surface area contributed by atoms with Gasteiger partial charge in [0, 0.05) is 30.5 Å². The molecule has 1 aliphatic carbocycles. The fourth-order valence-electron chi connectivity index (χ4n) is 4.42. The number of likely N-dealkylation sites (tertiary alicyclic amines) is 1. The average molecular weight is 360 g/mol. The lowest BCUT2D eigenvalue weighted by molar-refractivity contribution is -0.132. The Morgan fingerprint density at radius 1 is 1.27 bits per heavy atom. The second kappa shape index (κ2) is 7.01. The molecule has 0 bridgehead atoms. The van der Waals surface area contributed by atoms with E-state index in [-0.39, 0.29) is 40.9 Å². The van der Waals surface area contributed by atoms with Gasteiger partial charge in [-0.15, -0.1) is 0 Å². The summed E-state index contributed by atoms with van der Waals surface area (Å²) in [5.74, 6) is -0.575. The smallest absolute Gasteiger partial charge is 0.225 e. The highest BCUT2D eigenvalue weighted by molar-refractivity contribution is 5.89. The van der Waals surface area contributed by atoms with Gasteiger partial charge in [-0.3, -0.25) is 9.59 Å². The Balaban J connectivity index is 1.68. The second-order valence-corrected chi connectivity index (χ2v) is 8.76. The molecule has 0 unspecified atom stereocenters. The first-order valence-electron chi connectivity index (χ1n) is 9.56. The van der Waals surface area contributed by atoms with Gasteiger partial charge in [-0.2, -0.15) is 0 Å². The number of nitrogens with one attached hydrogen (secondary N) is 1. The van der Waals surface area contributed by atoms with Gasteiger partial charge in [0.2, 0.25) is 11.8 Å². The molecule has 1 saturated heterocycles. The summed E-state index contributed by atoms with van der Waals surface area (Å²) < 4.78 is 14.4. The standard InChI is InChI=1S/C21H29FN2O2/c1-20(2,3)24-13-15(12-18(24)25)19(26)23-14-21(10-6-7-11-21)16-8-4-5-9-17(16)22/h4-5,8-9,15H,6-7,10-14H2,1-3H3,(H,23,26)/t15-/m1/s1. The molecule has 2 amide bonds. The molecule has 26 heavy (non-hydrogen) atoms. The first-order valence-corrected chi connectivity index (χ1v) is 9.56. The van der Waals surface area contributed by atoms with Crippen molar-refractivity contribution < 1.29 is 14.0 Å². The van der Waals surface area contributed by atoms with Gasteiger partial charge in [-0.05, 0) is 45.2 Å². The van der Waals surface area contributed by atoms with Crippen molar-refractivity contribution in [1.29, 1.82) is 0 Å². The Labute approximate surface area is 155 Å². The van der Waals surface area contributed by atoms with Crippen LogP contribution in [0.5, 0.6) is 0 Å². The van der Waals surface area contributed by atoms with Crippen molar-refractivity contribution in [3.8, 4) is 0 Å². The molecule has 0 aromatic heterocycles. The predicted molar refractivity (Wildman–Crippen MR) is 99.1 cm³/mol. The van der Waals surface area contributed by atoms with Crippen molar-refractivity contribution in [2.24, 2.45) is 5.92 Å². The summed E-state index contributed by atoms with van der Waals surface area (Å²) in [6.45, 7) is 6.85. The maximum Gasteiger partial charge on any atom is 0.225 e. The number of benzene rings is 1. The van der Waals surface area contributed by atoms with E-state index in [9.17, 15) is 14.0 Å². The van der Waals surface area contributed by atoms with E-state index in [2.05, 4.69) is 5.32 Å². The Morgan fingerprint density at radius 3 is 2.50 bits per heavy atom. The molecule has 1 aromatic carbocycles. The molecule has 2 fully saturated rings. The fourth-order valence-corrected chi connectivity index (χ4v) is 4.42. The lowest BCUT2D eigenvalue weighted by Gasteiger charge is -2.32. The normalized spacial score (nSPS) is 22.7. The molecular weight excluding hydrogens is 331 g/mol. The predicted octanol–water partition coefficient (Wildman–Crippen LogP) is 3.40. The Kier molecular flexibility index (Phi) is 5.09. The number of rotatable bonds is 4. The lowest BCUT2D eigenvalue weighted by atomic mass is 9.78. The third kappa shape index (κ3) is 3.62. The summed E-state index contributed by atoms with van der Waals surface area (Å²) in [4.78, 5) is 26.7. The highest BCUT2D eigenvalue weighted by Gasteiger charge is 2.41. The molecule has 1 heterocycles. The van der Waals surface area contributed by atoms with E-state index in [1.165, 1.54) is 6.07 Å². The number of hydrogen-bond acceptors (Lipinski definition) is 2. The minimum absolute atomic E-state index is 0.0299. The number of hydrogen-bond donors (Lipinski definition) is 1. The molecule has 142 valence electrons. The van der Waals surface area contributed by atoms with Gasteiger partial charge in [0.25, 0.3) is 0 Å². The van der Waals surface area contributed by atoms with E-state index in [4.69, 9.17) is 0 Å². The maximum atomic E-state index is 14.4. The molecule has 1 atom stereocenters. The Morgan fingerprint density at radius 2 is 1.92 bits per heavy atom. The maximum absolute atomic E-state index is 14.4. The van der Waals surface area contributed by atoms with E-state index in [0.717, 1.165) is 25.7 Å². The Bertz CT molecular complexity index is 689. The van der Waals surface area contributed by atoms with Crippen LogP contribution in [0.4, 0.5) is 4.39 Å². The summed E-state index contributed by atoms with van der Waals surface area (Å²) in [5, 5.41) is 3.04. The summed E-state index contributed by atoms with van der Waals surface area (Å²) in [5.41, 5.74) is 0.107. The summed E-state index contributed by atoms with van der Waals surface area (Å²) >= 11 is 0. The molecule has 5 heteroatoms. The molecular formula is C21H29FN2O2. The summed E-state index contributed by atoms with van der Waals surface area (Å²) in [6.07, 6.45) is 4.11. The zero-order valence-corrected chi connectivity index (χ0v) is 16.0. The SMILES string of the molecule is CC(C)(C)N1C[C@H](C(=O)NCC2(c3ccccc3F)CCCC2)CC1=O. The van der Waals surface area contributed by atoms with Crippen LogP contribution >= 0.6 is 0 Å². The van der Waals surface area contributed by atoms with Crippen LogP contribution in [0, 0.1) is 11.7 Å². The molecule has 1 aliphatic heterocycles. The first kappa shape index (κ1) is 18.9. The van der Waals surface area contributed by atoms with Crippen molar-refractivity contribution >= 4 is 11.8 Å². The van der Waals surface area contributed by atoms with Gasteiger partial charge in [-0.25, -0.2) is 4.39 Å². The van der Waals surface area contributed by atoms with Crippen molar-refractivity contribution in [3.63, 3.8) is 0 Å². The molecule has 4 nitrogen and oxygen atoms in total. The Hall–Kier alpha value is -1.91. The van der Waals surface area contributed by atoms with Gasteiger partial charge in [-0.1, -0.05) is 31.0 Å². The molecule has 2 aliphatic rings. The number of amides is 2. The highest BCUT2D eigenvalue weighted by atomic mass is 19.1. The summed E-state index contributed by atoms with van der Waals surface area (Å²) in [7, 11) is 0. The topological polar surface area (TPSA) is 49.4 Å². The van der Waals surface area contributed by atoms with E-state index in [1.807, 2.05) is 32.9 Å². The highest BCUT2D eigenvalue weighted by Crippen LogP contribution is 2.41. The van der Waals surface area contributed by atoms with Gasteiger partial charge in [0.1, 0.15) is 5.82 Å². The van der Waals surface area contributed by atoms with Crippen LogP contribution in [-0.2, 0) is 15.0 Å². The largest absolute Gasteiger partial charge is 0.355 e. The lowest BCUT2D eigenvalue weighted by Crippen LogP contribution is -2.44. The number of carbonyl (C=O) groups is 2. The third-order valence-corrected chi connectivity index (χ3v) is 5.91. The molecule has 1 N–H and O–H groups in total. The van der Waals surface area contributed by atoms with E-state index < -0.39 is 0 Å². The minimum Gasteiger partial charge on any atom is -0.355 e. The average Bonchev–Trinajstić information content (AvgIpc) is 3.20. The zero-order chi connectivity index (χ0) is 18.9. The first-order chi connectivity index (χ1) is 12.2. The summed E-state index contributed by atoms with van der Waals surface area (Å²) in [6, 6.07) is 6.89. The number of halogens is 1. The van der Waals surface area contributed by atoms with E-state index in [0.29, 0.717) is 18.7 Å². The van der Waals surface area contributed by atoms with Crippen LogP contribution in [-0.4, -0.2) is 35.3 Å². The van der Waals surface area contributed by atoms with Crippen molar-refractivity contribution in [2.45, 2.75) is 63.8 Å². The molecule has 1 aromatic rings. The number of nitrogens with zero attached hydrogens (tertiary/aromatic N) is 1. The van der Waals surface area contributed by atoms with Gasteiger partial charge >= 0.3 is 0 Å². The monoisotopic (exact) mass is 360 g/mol.